The van der Waals surface area contributed by atoms with E-state index in [1.807, 2.05) is 13.0 Å². The third-order valence-electron chi connectivity index (χ3n) is 2.77. The van der Waals surface area contributed by atoms with Gasteiger partial charge < -0.3 is 5.32 Å². The van der Waals surface area contributed by atoms with Gasteiger partial charge in [0.15, 0.2) is 0 Å². The summed E-state index contributed by atoms with van der Waals surface area (Å²) < 4.78 is 0.708. The number of pyridine rings is 1. The molecule has 0 atom stereocenters. The van der Waals surface area contributed by atoms with Gasteiger partial charge in [-0.3, -0.25) is 9.78 Å². The second kappa shape index (κ2) is 6.17. The minimum Gasteiger partial charge on any atom is -0.348 e. The van der Waals surface area contributed by atoms with E-state index in [0.717, 1.165) is 11.1 Å². The molecule has 1 N–H and O–H groups in total. The summed E-state index contributed by atoms with van der Waals surface area (Å²) in [7, 11) is 0. The Morgan fingerprint density at radius 2 is 2.21 bits per heavy atom. The van der Waals surface area contributed by atoms with E-state index in [9.17, 15) is 4.79 Å². The molecule has 0 radical (unpaired) electrons. The first-order chi connectivity index (χ1) is 9.08. The molecule has 1 heterocycles. The fraction of sp³-hybridized carbons (Fsp3) is 0.143. The summed E-state index contributed by atoms with van der Waals surface area (Å²) in [5.41, 5.74) is 2.68. The number of carbonyl (C=O) groups excluding carboxylic acids is 1. The van der Waals surface area contributed by atoms with E-state index in [2.05, 4.69) is 26.2 Å². The zero-order valence-electron chi connectivity index (χ0n) is 10.3. The Kier molecular flexibility index (Phi) is 4.56. The topological polar surface area (TPSA) is 42.0 Å². The Labute approximate surface area is 125 Å². The number of carbonyl (C=O) groups is 1. The van der Waals surface area contributed by atoms with Gasteiger partial charge in [0.1, 0.15) is 0 Å². The van der Waals surface area contributed by atoms with Crippen LogP contribution in [0.15, 0.2) is 41.1 Å². The van der Waals surface area contributed by atoms with Gasteiger partial charge in [0, 0.05) is 29.0 Å². The molecule has 1 aromatic carbocycles. The number of hydrogen-bond donors (Lipinski definition) is 1. The van der Waals surface area contributed by atoms with Crippen LogP contribution in [0, 0.1) is 6.92 Å². The van der Waals surface area contributed by atoms with Gasteiger partial charge in [-0.15, -0.1) is 0 Å². The van der Waals surface area contributed by atoms with Crippen molar-refractivity contribution in [2.24, 2.45) is 0 Å². The lowest BCUT2D eigenvalue weighted by Crippen LogP contribution is -2.23. The van der Waals surface area contributed by atoms with E-state index in [-0.39, 0.29) is 5.91 Å². The van der Waals surface area contributed by atoms with E-state index >= 15 is 0 Å². The van der Waals surface area contributed by atoms with Gasteiger partial charge in [0.2, 0.25) is 0 Å². The molecule has 98 valence electrons. The molecule has 0 aliphatic heterocycles. The monoisotopic (exact) mass is 338 g/mol. The van der Waals surface area contributed by atoms with Crippen LogP contribution in [0.5, 0.6) is 0 Å². The lowest BCUT2D eigenvalue weighted by atomic mass is 10.1. The van der Waals surface area contributed by atoms with Crippen LogP contribution in [0.2, 0.25) is 5.02 Å². The first-order valence-electron chi connectivity index (χ1n) is 5.70. The van der Waals surface area contributed by atoms with E-state index < -0.39 is 0 Å². The Hall–Kier alpha value is -1.39. The molecular weight excluding hydrogens is 328 g/mol. The minimum absolute atomic E-state index is 0.138. The van der Waals surface area contributed by atoms with Crippen LogP contribution in [-0.4, -0.2) is 10.9 Å². The number of rotatable bonds is 3. The summed E-state index contributed by atoms with van der Waals surface area (Å²) in [4.78, 5) is 16.0. The van der Waals surface area contributed by atoms with Crippen molar-refractivity contribution < 1.29 is 4.79 Å². The fourth-order valence-electron chi connectivity index (χ4n) is 1.60. The highest BCUT2D eigenvalue weighted by Crippen LogP contribution is 2.23. The SMILES string of the molecule is Cc1ccncc1CNC(=O)c1ccc(Cl)c(Br)c1. The Morgan fingerprint density at radius 1 is 1.42 bits per heavy atom. The highest BCUT2D eigenvalue weighted by molar-refractivity contribution is 9.10. The van der Waals surface area contributed by atoms with Crippen molar-refractivity contribution >= 4 is 33.4 Å². The highest BCUT2D eigenvalue weighted by atomic mass is 79.9. The van der Waals surface area contributed by atoms with Crippen molar-refractivity contribution in [3.05, 3.63) is 62.8 Å². The molecule has 5 heteroatoms. The second-order valence-corrected chi connectivity index (χ2v) is 5.38. The fourth-order valence-corrected chi connectivity index (χ4v) is 2.09. The number of nitrogens with one attached hydrogen (secondary N) is 1. The molecule has 0 aliphatic rings. The quantitative estimate of drug-likeness (QED) is 0.925. The van der Waals surface area contributed by atoms with Crippen LogP contribution in [0.25, 0.3) is 0 Å². The van der Waals surface area contributed by atoms with Crippen LogP contribution in [0.1, 0.15) is 21.5 Å². The average Bonchev–Trinajstić information content (AvgIpc) is 2.40. The number of nitrogens with zero attached hydrogens (tertiary/aromatic N) is 1. The maximum atomic E-state index is 12.0. The Bertz CT molecular complexity index is 616. The molecule has 0 spiro atoms. The predicted octanol–water partition coefficient (Wildman–Crippen LogP) is 3.74. The summed E-state index contributed by atoms with van der Waals surface area (Å²) in [6.07, 6.45) is 3.49. The standard InChI is InChI=1S/C14H12BrClN2O/c1-9-4-5-17-7-11(9)8-18-14(19)10-2-3-13(16)12(15)6-10/h2-7H,8H2,1H3,(H,18,19). The third kappa shape index (κ3) is 3.55. The minimum atomic E-state index is -0.138. The van der Waals surface area contributed by atoms with Crippen molar-refractivity contribution in [2.45, 2.75) is 13.5 Å². The van der Waals surface area contributed by atoms with Crippen LogP contribution in [0.3, 0.4) is 0 Å². The van der Waals surface area contributed by atoms with Gasteiger partial charge in [-0.1, -0.05) is 11.6 Å². The van der Waals surface area contributed by atoms with Crippen LogP contribution >= 0.6 is 27.5 Å². The van der Waals surface area contributed by atoms with Crippen LogP contribution in [-0.2, 0) is 6.54 Å². The molecule has 19 heavy (non-hydrogen) atoms. The van der Waals surface area contributed by atoms with E-state index in [4.69, 9.17) is 11.6 Å². The van der Waals surface area contributed by atoms with Gasteiger partial charge in [-0.2, -0.15) is 0 Å². The summed E-state index contributed by atoms with van der Waals surface area (Å²) in [6, 6.07) is 7.00. The Morgan fingerprint density at radius 3 is 2.89 bits per heavy atom. The summed E-state index contributed by atoms with van der Waals surface area (Å²) in [6.45, 7) is 2.45. The maximum Gasteiger partial charge on any atom is 0.251 e. The number of benzene rings is 1. The smallest absolute Gasteiger partial charge is 0.251 e. The van der Waals surface area contributed by atoms with Crippen LogP contribution in [0.4, 0.5) is 0 Å². The molecule has 1 amide bonds. The van der Waals surface area contributed by atoms with Gasteiger partial charge in [-0.05, 0) is 58.2 Å². The molecule has 0 saturated heterocycles. The third-order valence-corrected chi connectivity index (χ3v) is 3.98. The number of halogens is 2. The zero-order valence-corrected chi connectivity index (χ0v) is 12.6. The van der Waals surface area contributed by atoms with Crippen LogP contribution < -0.4 is 5.32 Å². The molecule has 0 fully saturated rings. The van der Waals surface area contributed by atoms with Crippen molar-refractivity contribution in [1.29, 1.82) is 0 Å². The van der Waals surface area contributed by atoms with Gasteiger partial charge in [-0.25, -0.2) is 0 Å². The molecular formula is C14H12BrClN2O. The average molecular weight is 340 g/mol. The maximum absolute atomic E-state index is 12.0. The molecule has 3 nitrogen and oxygen atoms in total. The van der Waals surface area contributed by atoms with Gasteiger partial charge >= 0.3 is 0 Å². The van der Waals surface area contributed by atoms with Crippen molar-refractivity contribution in [3.8, 4) is 0 Å². The first kappa shape index (κ1) is 14.0. The molecule has 0 aliphatic carbocycles. The Balaban J connectivity index is 2.05. The first-order valence-corrected chi connectivity index (χ1v) is 6.88. The summed E-state index contributed by atoms with van der Waals surface area (Å²) in [5.74, 6) is -0.138. The van der Waals surface area contributed by atoms with E-state index in [1.165, 1.54) is 0 Å². The lowest BCUT2D eigenvalue weighted by Gasteiger charge is -2.08. The molecule has 0 saturated carbocycles. The summed E-state index contributed by atoms with van der Waals surface area (Å²) >= 11 is 9.19. The van der Waals surface area contributed by atoms with Crippen molar-refractivity contribution in [3.63, 3.8) is 0 Å². The molecule has 2 rings (SSSR count). The number of aryl methyl sites for hydroxylation is 1. The number of amides is 1. The highest BCUT2D eigenvalue weighted by Gasteiger charge is 2.08. The molecule has 1 aromatic heterocycles. The summed E-state index contributed by atoms with van der Waals surface area (Å²) in [5, 5.41) is 3.44. The number of aromatic nitrogens is 1. The van der Waals surface area contributed by atoms with Gasteiger partial charge in [0.05, 0.1) is 5.02 Å². The second-order valence-electron chi connectivity index (χ2n) is 4.11. The van der Waals surface area contributed by atoms with Crippen molar-refractivity contribution in [1.82, 2.24) is 10.3 Å². The molecule has 2 aromatic rings. The largest absolute Gasteiger partial charge is 0.348 e. The number of hydrogen-bond acceptors (Lipinski definition) is 2. The van der Waals surface area contributed by atoms with Gasteiger partial charge in [0.25, 0.3) is 5.91 Å². The lowest BCUT2D eigenvalue weighted by molar-refractivity contribution is 0.0951. The predicted molar refractivity (Wildman–Crippen MR) is 79.3 cm³/mol. The molecule has 0 unspecified atom stereocenters. The molecule has 0 bridgehead atoms. The van der Waals surface area contributed by atoms with Crippen molar-refractivity contribution in [2.75, 3.05) is 0 Å². The zero-order chi connectivity index (χ0) is 13.8. The normalized spacial score (nSPS) is 10.3. The van der Waals surface area contributed by atoms with E-state index in [0.29, 0.717) is 21.6 Å². The van der Waals surface area contributed by atoms with E-state index in [1.54, 1.807) is 30.6 Å².